The average molecular weight is 301 g/mol. The van der Waals surface area contributed by atoms with E-state index in [0.717, 1.165) is 0 Å². The van der Waals surface area contributed by atoms with Crippen LogP contribution in [0.15, 0.2) is 24.3 Å². The molecule has 1 aromatic rings. The lowest BCUT2D eigenvalue weighted by molar-refractivity contribution is -0.385. The summed E-state index contributed by atoms with van der Waals surface area (Å²) in [6, 6.07) is 6.19. The van der Waals surface area contributed by atoms with Gasteiger partial charge in [0.15, 0.2) is 5.75 Å². The van der Waals surface area contributed by atoms with Gasteiger partial charge in [-0.1, -0.05) is 12.1 Å². The maximum Gasteiger partial charge on any atom is 0.310 e. The highest BCUT2D eigenvalue weighted by Crippen LogP contribution is 2.25. The van der Waals surface area contributed by atoms with Gasteiger partial charge in [-0.3, -0.25) is 14.9 Å². The van der Waals surface area contributed by atoms with Crippen LogP contribution in [0.5, 0.6) is 5.75 Å². The van der Waals surface area contributed by atoms with Crippen molar-refractivity contribution in [2.45, 2.75) is 18.7 Å². The zero-order valence-corrected chi connectivity index (χ0v) is 12.2. The molecule has 7 heteroatoms. The third-order valence-corrected chi connectivity index (χ3v) is 2.86. The number of hydrogen-bond acceptors (Lipinski definition) is 4. The van der Waals surface area contributed by atoms with E-state index in [1.807, 2.05) is 0 Å². The number of ether oxygens (including phenoxy) is 1. The molecule has 0 aliphatic carbocycles. The van der Waals surface area contributed by atoms with Gasteiger partial charge in [-0.05, 0) is 19.4 Å². The van der Waals surface area contributed by atoms with Crippen molar-refractivity contribution in [1.29, 1.82) is 0 Å². The summed E-state index contributed by atoms with van der Waals surface area (Å²) < 4.78 is 5.38. The Hall–Kier alpha value is -1.82. The van der Waals surface area contributed by atoms with Crippen LogP contribution in [0.3, 0.4) is 0 Å². The second-order valence-electron chi connectivity index (χ2n) is 4.30. The number of nitro benzene ring substituents is 1. The molecule has 0 heterocycles. The molecule has 0 radical (unpaired) electrons. The number of carbonyl (C=O) groups excluding carboxylic acids is 1. The van der Waals surface area contributed by atoms with E-state index in [4.69, 9.17) is 16.3 Å². The molecular weight excluding hydrogens is 284 g/mol. The number of para-hydroxylation sites is 2. The Kier molecular flexibility index (Phi) is 6.24. The molecule has 0 aromatic heterocycles. The molecule has 6 nitrogen and oxygen atoms in total. The van der Waals surface area contributed by atoms with E-state index in [2.05, 4.69) is 0 Å². The lowest BCUT2D eigenvalue weighted by Crippen LogP contribution is -2.33. The average Bonchev–Trinajstić information content (AvgIpc) is 2.42. The maximum atomic E-state index is 11.5. The third-order valence-electron chi connectivity index (χ3n) is 2.67. The molecule has 1 rings (SSSR count). The lowest BCUT2D eigenvalue weighted by Gasteiger charge is -2.18. The lowest BCUT2D eigenvalue weighted by atomic mass is 10.3. The van der Waals surface area contributed by atoms with Crippen LogP contribution in [0.25, 0.3) is 0 Å². The summed E-state index contributed by atoms with van der Waals surface area (Å²) in [6.45, 7) is 2.39. The number of carbonyl (C=O) groups is 1. The summed E-state index contributed by atoms with van der Waals surface area (Å²) in [4.78, 5) is 23.3. The first-order valence-electron chi connectivity index (χ1n) is 6.18. The number of rotatable bonds is 7. The minimum Gasteiger partial charge on any atom is -0.487 e. The van der Waals surface area contributed by atoms with Crippen molar-refractivity contribution < 1.29 is 14.5 Å². The van der Waals surface area contributed by atoms with Gasteiger partial charge in [-0.25, -0.2) is 0 Å². The Morgan fingerprint density at radius 2 is 2.15 bits per heavy atom. The van der Waals surface area contributed by atoms with Crippen LogP contribution in [0.2, 0.25) is 0 Å². The summed E-state index contributed by atoms with van der Waals surface area (Å²) in [5, 5.41) is 10.2. The normalized spacial score (nSPS) is 11.8. The van der Waals surface area contributed by atoms with Crippen LogP contribution in [0.4, 0.5) is 5.69 Å². The molecule has 0 spiro atoms. The van der Waals surface area contributed by atoms with Crippen molar-refractivity contribution in [3.63, 3.8) is 0 Å². The molecule has 0 N–H and O–H groups in total. The largest absolute Gasteiger partial charge is 0.487 e. The summed E-state index contributed by atoms with van der Waals surface area (Å²) in [5.41, 5.74) is -0.0636. The zero-order valence-electron chi connectivity index (χ0n) is 11.4. The highest BCUT2D eigenvalue weighted by atomic mass is 35.5. The number of amides is 1. The number of hydrogen-bond donors (Lipinski definition) is 0. The molecule has 20 heavy (non-hydrogen) atoms. The minimum atomic E-state index is -0.559. The van der Waals surface area contributed by atoms with Crippen molar-refractivity contribution in [2.24, 2.45) is 0 Å². The number of halogens is 1. The fourth-order valence-electron chi connectivity index (χ4n) is 1.63. The van der Waals surface area contributed by atoms with Crippen LogP contribution in [-0.4, -0.2) is 41.3 Å². The van der Waals surface area contributed by atoms with Crippen molar-refractivity contribution in [2.75, 3.05) is 20.2 Å². The van der Waals surface area contributed by atoms with E-state index in [1.54, 1.807) is 32.2 Å². The summed E-state index contributed by atoms with van der Waals surface area (Å²) in [6.07, 6.45) is 0.567. The highest BCUT2D eigenvalue weighted by molar-refractivity contribution is 6.30. The Morgan fingerprint density at radius 1 is 1.50 bits per heavy atom. The van der Waals surface area contributed by atoms with Gasteiger partial charge in [0.05, 0.1) is 11.5 Å². The standard InChI is InChI=1S/C13H17ClN2O4/c1-10(14)13(17)15(2)8-5-9-20-12-7-4-3-6-11(12)16(18)19/h3-4,6-7,10H,5,8-9H2,1-2H3. The van der Waals surface area contributed by atoms with Crippen molar-refractivity contribution in [3.8, 4) is 5.75 Å². The van der Waals surface area contributed by atoms with Crippen LogP contribution in [-0.2, 0) is 4.79 Å². The fourth-order valence-corrected chi connectivity index (χ4v) is 1.79. The molecule has 0 aliphatic rings. The molecule has 110 valence electrons. The molecular formula is C13H17ClN2O4. The first-order chi connectivity index (χ1) is 9.43. The van der Waals surface area contributed by atoms with Crippen LogP contribution < -0.4 is 4.74 Å². The zero-order chi connectivity index (χ0) is 15.1. The van der Waals surface area contributed by atoms with E-state index in [-0.39, 0.29) is 17.3 Å². The molecule has 1 unspecified atom stereocenters. The monoisotopic (exact) mass is 300 g/mol. The summed E-state index contributed by atoms with van der Waals surface area (Å²) >= 11 is 5.69. The first-order valence-corrected chi connectivity index (χ1v) is 6.62. The minimum absolute atomic E-state index is 0.0636. The molecule has 1 aromatic carbocycles. The number of alkyl halides is 1. The number of nitro groups is 1. The van der Waals surface area contributed by atoms with Crippen LogP contribution in [0, 0.1) is 10.1 Å². The molecule has 0 bridgehead atoms. The summed E-state index contributed by atoms with van der Waals surface area (Å²) in [5.74, 6) is 0.0783. The smallest absolute Gasteiger partial charge is 0.310 e. The van der Waals surface area contributed by atoms with Gasteiger partial charge >= 0.3 is 5.69 Å². The molecule has 1 amide bonds. The van der Waals surface area contributed by atoms with Crippen molar-refractivity contribution in [3.05, 3.63) is 34.4 Å². The Labute approximate surface area is 122 Å². The quantitative estimate of drug-likeness (QED) is 0.335. The van der Waals surface area contributed by atoms with Crippen LogP contribution >= 0.6 is 11.6 Å². The molecule has 1 atom stereocenters. The van der Waals surface area contributed by atoms with E-state index < -0.39 is 10.3 Å². The third kappa shape index (κ3) is 4.70. The molecule has 0 fully saturated rings. The van der Waals surface area contributed by atoms with Gasteiger partial charge in [0, 0.05) is 19.7 Å². The maximum absolute atomic E-state index is 11.5. The van der Waals surface area contributed by atoms with Gasteiger partial charge in [-0.15, -0.1) is 11.6 Å². The molecule has 0 saturated heterocycles. The van der Waals surface area contributed by atoms with E-state index in [9.17, 15) is 14.9 Å². The number of benzene rings is 1. The second-order valence-corrected chi connectivity index (χ2v) is 4.96. The Morgan fingerprint density at radius 3 is 2.75 bits per heavy atom. The first kappa shape index (κ1) is 16.2. The van der Waals surface area contributed by atoms with Gasteiger partial charge in [0.2, 0.25) is 5.91 Å². The topological polar surface area (TPSA) is 72.7 Å². The predicted octanol–water partition coefficient (Wildman–Crippen LogP) is 2.45. The SMILES string of the molecule is CC(Cl)C(=O)N(C)CCCOc1ccccc1[N+](=O)[O-]. The predicted molar refractivity (Wildman–Crippen MR) is 76.2 cm³/mol. The van der Waals surface area contributed by atoms with E-state index in [0.29, 0.717) is 19.6 Å². The van der Waals surface area contributed by atoms with Gasteiger partial charge in [0.25, 0.3) is 0 Å². The second kappa shape index (κ2) is 7.69. The molecule has 0 saturated carbocycles. The van der Waals surface area contributed by atoms with Crippen molar-refractivity contribution in [1.82, 2.24) is 4.90 Å². The van der Waals surface area contributed by atoms with E-state index >= 15 is 0 Å². The van der Waals surface area contributed by atoms with Gasteiger partial charge in [-0.2, -0.15) is 0 Å². The Bertz CT molecular complexity index is 479. The van der Waals surface area contributed by atoms with Crippen LogP contribution in [0.1, 0.15) is 13.3 Å². The van der Waals surface area contributed by atoms with Gasteiger partial charge < -0.3 is 9.64 Å². The van der Waals surface area contributed by atoms with Gasteiger partial charge in [0.1, 0.15) is 5.38 Å². The fraction of sp³-hybridized carbons (Fsp3) is 0.462. The highest BCUT2D eigenvalue weighted by Gasteiger charge is 2.15. The summed E-state index contributed by atoms with van der Waals surface area (Å²) in [7, 11) is 1.66. The number of nitrogens with zero attached hydrogens (tertiary/aromatic N) is 2. The van der Waals surface area contributed by atoms with Crippen molar-refractivity contribution >= 4 is 23.2 Å². The molecule has 0 aliphatic heterocycles. The Balaban J connectivity index is 2.42. The van der Waals surface area contributed by atoms with E-state index in [1.165, 1.54) is 11.0 Å².